The smallest absolute Gasteiger partial charge is 0.276 e. The molecule has 8 nitrogen and oxygen atoms in total. The first kappa shape index (κ1) is 19.1. The summed E-state index contributed by atoms with van der Waals surface area (Å²) in [6.45, 7) is 1.66. The third-order valence-electron chi connectivity index (χ3n) is 4.76. The molecule has 1 amide bonds. The number of hydrogen-bond donors (Lipinski definition) is 1. The van der Waals surface area contributed by atoms with Gasteiger partial charge < -0.3 is 19.8 Å². The van der Waals surface area contributed by atoms with Gasteiger partial charge in [-0.15, -0.1) is 0 Å². The van der Waals surface area contributed by atoms with Gasteiger partial charge in [0.2, 0.25) is 0 Å². The average molecular weight is 393 g/mol. The number of hydrogen-bond acceptors (Lipinski definition) is 7. The maximum atomic E-state index is 13.0. The zero-order valence-electron chi connectivity index (χ0n) is 16.1. The van der Waals surface area contributed by atoms with Crippen molar-refractivity contribution in [2.45, 2.75) is 25.8 Å². The zero-order chi connectivity index (χ0) is 20.1. The largest absolute Gasteiger partial charge is 0.490 e. The third kappa shape index (κ3) is 4.43. The molecule has 0 fully saturated rings. The van der Waals surface area contributed by atoms with E-state index in [9.17, 15) is 4.79 Å². The van der Waals surface area contributed by atoms with Crippen LogP contribution in [-0.2, 0) is 25.8 Å². The fourth-order valence-corrected chi connectivity index (χ4v) is 3.32. The van der Waals surface area contributed by atoms with E-state index in [1.807, 2.05) is 18.3 Å². The average Bonchev–Trinajstić information content (AvgIpc) is 3.19. The number of oxazole rings is 1. The molecule has 150 valence electrons. The van der Waals surface area contributed by atoms with Crippen molar-refractivity contribution in [3.63, 3.8) is 0 Å². The number of aromatic nitrogens is 3. The topological polar surface area (TPSA) is 107 Å². The number of carbonyl (C=O) groups excluding carboxylic acids is 1. The summed E-state index contributed by atoms with van der Waals surface area (Å²) in [4.78, 5) is 27.7. The van der Waals surface area contributed by atoms with Crippen molar-refractivity contribution >= 4 is 5.91 Å². The summed E-state index contributed by atoms with van der Waals surface area (Å²) in [7, 11) is 0. The number of pyridine rings is 2. The maximum Gasteiger partial charge on any atom is 0.276 e. The number of amides is 1. The molecule has 1 aliphatic rings. The molecule has 8 heteroatoms. The molecule has 0 aliphatic carbocycles. The Morgan fingerprint density at radius 1 is 1.24 bits per heavy atom. The highest BCUT2D eigenvalue weighted by Crippen LogP contribution is 2.24. The monoisotopic (exact) mass is 393 g/mol. The van der Waals surface area contributed by atoms with Gasteiger partial charge in [0.1, 0.15) is 18.1 Å². The molecule has 0 saturated carbocycles. The van der Waals surface area contributed by atoms with Gasteiger partial charge in [-0.25, -0.2) is 9.97 Å². The predicted molar refractivity (Wildman–Crippen MR) is 105 cm³/mol. The molecule has 0 bridgehead atoms. The van der Waals surface area contributed by atoms with Crippen molar-refractivity contribution < 1.29 is 13.9 Å². The molecule has 4 rings (SSSR count). The van der Waals surface area contributed by atoms with Crippen molar-refractivity contribution in [3.8, 4) is 5.75 Å². The number of nitrogens with two attached hydrogens (primary N) is 1. The minimum atomic E-state index is -0.178. The van der Waals surface area contributed by atoms with Crippen molar-refractivity contribution in [2.75, 3.05) is 19.7 Å². The highest BCUT2D eigenvalue weighted by molar-refractivity contribution is 5.95. The summed E-state index contributed by atoms with van der Waals surface area (Å²) in [6, 6.07) is 7.43. The van der Waals surface area contributed by atoms with Gasteiger partial charge in [0.05, 0.1) is 6.54 Å². The normalized spacial score (nSPS) is 13.2. The van der Waals surface area contributed by atoms with Crippen LogP contribution in [0.5, 0.6) is 5.75 Å². The van der Waals surface area contributed by atoms with E-state index in [0.29, 0.717) is 56.4 Å². The van der Waals surface area contributed by atoms with Crippen molar-refractivity contribution in [1.82, 2.24) is 19.9 Å². The highest BCUT2D eigenvalue weighted by atomic mass is 16.5. The molecular formula is C21H23N5O3. The highest BCUT2D eigenvalue weighted by Gasteiger charge is 2.28. The zero-order valence-corrected chi connectivity index (χ0v) is 16.1. The summed E-state index contributed by atoms with van der Waals surface area (Å²) in [5.74, 6) is 1.82. The molecule has 0 atom stereocenters. The lowest BCUT2D eigenvalue weighted by atomic mass is 10.1. The molecule has 1 aliphatic heterocycles. The SMILES string of the molecule is NCCOc1cccnc1C(=O)N1CCc2oc(CCc3cccnc3)nc2C1. The first-order valence-corrected chi connectivity index (χ1v) is 9.68. The van der Waals surface area contributed by atoms with Crippen LogP contribution in [0.4, 0.5) is 0 Å². The summed E-state index contributed by atoms with van der Waals surface area (Å²) in [5, 5.41) is 0. The molecular weight excluding hydrogens is 370 g/mol. The van der Waals surface area contributed by atoms with Gasteiger partial charge in [0.25, 0.3) is 5.91 Å². The number of aryl methyl sites for hydroxylation is 2. The number of nitrogens with zero attached hydrogens (tertiary/aromatic N) is 4. The number of fused-ring (bicyclic) bond motifs is 1. The molecule has 3 aromatic heterocycles. The Labute approximate surface area is 168 Å². The van der Waals surface area contributed by atoms with Crippen LogP contribution in [0.25, 0.3) is 0 Å². The molecule has 2 N–H and O–H groups in total. The van der Waals surface area contributed by atoms with E-state index in [-0.39, 0.29) is 5.91 Å². The van der Waals surface area contributed by atoms with E-state index in [1.54, 1.807) is 29.4 Å². The Hall–Kier alpha value is -3.26. The Kier molecular flexibility index (Phi) is 5.81. The Morgan fingerprint density at radius 2 is 2.14 bits per heavy atom. The van der Waals surface area contributed by atoms with Gasteiger partial charge >= 0.3 is 0 Å². The van der Waals surface area contributed by atoms with E-state index >= 15 is 0 Å². The number of ether oxygens (including phenoxy) is 1. The summed E-state index contributed by atoms with van der Waals surface area (Å²) >= 11 is 0. The summed E-state index contributed by atoms with van der Waals surface area (Å²) in [6.07, 6.45) is 7.33. The second-order valence-electron chi connectivity index (χ2n) is 6.80. The van der Waals surface area contributed by atoms with Gasteiger partial charge in [-0.05, 0) is 30.2 Å². The lowest BCUT2D eigenvalue weighted by Gasteiger charge is -2.25. The predicted octanol–water partition coefficient (Wildman–Crippen LogP) is 1.79. The van der Waals surface area contributed by atoms with Gasteiger partial charge in [-0.1, -0.05) is 6.07 Å². The Morgan fingerprint density at radius 3 is 2.97 bits per heavy atom. The van der Waals surface area contributed by atoms with Crippen LogP contribution in [0.1, 0.15) is 33.4 Å². The standard InChI is InChI=1S/C21H23N5O3/c22-8-12-28-18-4-2-10-24-20(18)21(27)26-11-7-17-16(14-26)25-19(29-17)6-5-15-3-1-9-23-13-15/h1-4,9-10,13H,5-8,11-12,14,22H2. The molecule has 4 heterocycles. The van der Waals surface area contributed by atoms with Crippen molar-refractivity contribution in [1.29, 1.82) is 0 Å². The van der Waals surface area contributed by atoms with Crippen LogP contribution in [0.3, 0.4) is 0 Å². The molecule has 29 heavy (non-hydrogen) atoms. The molecule has 0 aromatic carbocycles. The maximum absolute atomic E-state index is 13.0. The van der Waals surface area contributed by atoms with E-state index in [4.69, 9.17) is 14.9 Å². The van der Waals surface area contributed by atoms with Crippen LogP contribution in [0, 0.1) is 0 Å². The Bertz CT molecular complexity index is 973. The van der Waals surface area contributed by atoms with Crippen LogP contribution in [0.2, 0.25) is 0 Å². The Balaban J connectivity index is 1.43. The molecule has 3 aromatic rings. The van der Waals surface area contributed by atoms with Crippen LogP contribution in [-0.4, -0.2) is 45.5 Å². The van der Waals surface area contributed by atoms with Crippen LogP contribution in [0.15, 0.2) is 47.3 Å². The van der Waals surface area contributed by atoms with Crippen molar-refractivity contribution in [3.05, 3.63) is 71.5 Å². The third-order valence-corrected chi connectivity index (χ3v) is 4.76. The molecule has 0 saturated heterocycles. The fourth-order valence-electron chi connectivity index (χ4n) is 3.32. The van der Waals surface area contributed by atoms with Gasteiger partial charge in [0.15, 0.2) is 17.3 Å². The quantitative estimate of drug-likeness (QED) is 0.652. The fraction of sp³-hybridized carbons (Fsp3) is 0.333. The lowest BCUT2D eigenvalue weighted by Crippen LogP contribution is -2.36. The lowest BCUT2D eigenvalue weighted by molar-refractivity contribution is 0.0717. The first-order valence-electron chi connectivity index (χ1n) is 9.68. The second kappa shape index (κ2) is 8.83. The minimum absolute atomic E-state index is 0.178. The van der Waals surface area contributed by atoms with Crippen molar-refractivity contribution in [2.24, 2.45) is 5.73 Å². The first-order chi connectivity index (χ1) is 14.2. The van der Waals surface area contributed by atoms with E-state index in [0.717, 1.165) is 23.4 Å². The minimum Gasteiger partial charge on any atom is -0.490 e. The van der Waals surface area contributed by atoms with Gasteiger partial charge in [-0.2, -0.15) is 0 Å². The summed E-state index contributed by atoms with van der Waals surface area (Å²) < 4.78 is 11.5. The molecule has 0 radical (unpaired) electrons. The molecule has 0 unspecified atom stereocenters. The van der Waals surface area contributed by atoms with E-state index < -0.39 is 0 Å². The second-order valence-corrected chi connectivity index (χ2v) is 6.80. The summed E-state index contributed by atoms with van der Waals surface area (Å²) in [5.41, 5.74) is 7.75. The van der Waals surface area contributed by atoms with Gasteiger partial charge in [-0.3, -0.25) is 9.78 Å². The number of carbonyl (C=O) groups is 1. The van der Waals surface area contributed by atoms with Crippen LogP contribution < -0.4 is 10.5 Å². The molecule has 0 spiro atoms. The van der Waals surface area contributed by atoms with E-state index in [2.05, 4.69) is 15.0 Å². The van der Waals surface area contributed by atoms with E-state index in [1.165, 1.54) is 0 Å². The van der Waals surface area contributed by atoms with Gasteiger partial charge in [0, 0.05) is 44.5 Å². The van der Waals surface area contributed by atoms with Crippen LogP contribution >= 0.6 is 0 Å². The number of rotatable bonds is 7.